The van der Waals surface area contributed by atoms with E-state index in [9.17, 15) is 13.2 Å². The number of rotatable bonds is 5. The molecule has 7 heteroatoms. The Morgan fingerprint density at radius 3 is 2.48 bits per heavy atom. The lowest BCUT2D eigenvalue weighted by Crippen LogP contribution is -2.24. The predicted octanol–water partition coefficient (Wildman–Crippen LogP) is 4.08. The minimum atomic E-state index is -3.77. The molecule has 6 nitrogen and oxygen atoms in total. The molecule has 0 aromatic heterocycles. The number of fused-ring (bicyclic) bond motifs is 1. The third-order valence-corrected chi connectivity index (χ3v) is 6.53. The average Bonchev–Trinajstić information content (AvgIpc) is 3.14. The van der Waals surface area contributed by atoms with Crippen LogP contribution in [0.15, 0.2) is 59.5 Å². The Morgan fingerprint density at radius 2 is 1.76 bits per heavy atom. The van der Waals surface area contributed by atoms with Gasteiger partial charge >= 0.3 is 0 Å². The van der Waals surface area contributed by atoms with Crippen molar-refractivity contribution in [2.75, 3.05) is 23.3 Å². The van der Waals surface area contributed by atoms with Gasteiger partial charge in [0.1, 0.15) is 5.75 Å². The number of aryl methyl sites for hydroxylation is 1. The SMILES string of the molecule is COc1ccc2cc(S(=O)(=O)Nc3ccc(C)c(N4CCCC4=O)c3)ccc2c1. The highest BCUT2D eigenvalue weighted by atomic mass is 32.2. The molecule has 1 heterocycles. The lowest BCUT2D eigenvalue weighted by molar-refractivity contribution is -0.117. The van der Waals surface area contributed by atoms with Crippen molar-refractivity contribution in [1.82, 2.24) is 0 Å². The highest BCUT2D eigenvalue weighted by Gasteiger charge is 2.24. The molecule has 0 radical (unpaired) electrons. The third kappa shape index (κ3) is 3.78. The summed E-state index contributed by atoms with van der Waals surface area (Å²) in [5.41, 5.74) is 2.11. The van der Waals surface area contributed by atoms with E-state index in [1.807, 2.05) is 25.1 Å². The number of hydrogen-bond donors (Lipinski definition) is 1. The number of hydrogen-bond acceptors (Lipinski definition) is 4. The molecular weight excluding hydrogens is 388 g/mol. The van der Waals surface area contributed by atoms with E-state index in [1.165, 1.54) is 0 Å². The highest BCUT2D eigenvalue weighted by molar-refractivity contribution is 7.92. The van der Waals surface area contributed by atoms with Gasteiger partial charge in [0, 0.05) is 18.7 Å². The normalized spacial score (nSPS) is 14.4. The van der Waals surface area contributed by atoms with Crippen LogP contribution in [0.2, 0.25) is 0 Å². The van der Waals surface area contributed by atoms with Gasteiger partial charge in [-0.05, 0) is 66.1 Å². The van der Waals surface area contributed by atoms with Crippen LogP contribution in [0.25, 0.3) is 10.8 Å². The Hall–Kier alpha value is -3.06. The summed E-state index contributed by atoms with van der Waals surface area (Å²) in [5, 5.41) is 1.70. The van der Waals surface area contributed by atoms with Gasteiger partial charge in [-0.3, -0.25) is 9.52 Å². The molecule has 1 fully saturated rings. The number of benzene rings is 3. The molecule has 0 atom stereocenters. The minimum Gasteiger partial charge on any atom is -0.497 e. The van der Waals surface area contributed by atoms with Crippen LogP contribution in [0.3, 0.4) is 0 Å². The average molecular weight is 410 g/mol. The van der Waals surface area contributed by atoms with E-state index in [4.69, 9.17) is 4.74 Å². The van der Waals surface area contributed by atoms with Crippen molar-refractivity contribution in [2.24, 2.45) is 0 Å². The van der Waals surface area contributed by atoms with Crippen molar-refractivity contribution in [3.05, 3.63) is 60.2 Å². The second-order valence-electron chi connectivity index (χ2n) is 7.13. The van der Waals surface area contributed by atoms with Crippen molar-refractivity contribution >= 4 is 38.1 Å². The van der Waals surface area contributed by atoms with Gasteiger partial charge in [-0.15, -0.1) is 0 Å². The number of nitrogens with one attached hydrogen (secondary N) is 1. The first-order valence-electron chi connectivity index (χ1n) is 9.39. The van der Waals surface area contributed by atoms with Crippen LogP contribution in [-0.4, -0.2) is 28.0 Å². The molecular formula is C22H22N2O4S. The lowest BCUT2D eigenvalue weighted by Gasteiger charge is -2.20. The van der Waals surface area contributed by atoms with Crippen LogP contribution in [-0.2, 0) is 14.8 Å². The number of sulfonamides is 1. The van der Waals surface area contributed by atoms with E-state index >= 15 is 0 Å². The maximum Gasteiger partial charge on any atom is 0.261 e. The van der Waals surface area contributed by atoms with Crippen LogP contribution < -0.4 is 14.4 Å². The maximum atomic E-state index is 12.9. The van der Waals surface area contributed by atoms with Crippen LogP contribution in [0, 0.1) is 6.92 Å². The van der Waals surface area contributed by atoms with Gasteiger partial charge < -0.3 is 9.64 Å². The fraction of sp³-hybridized carbons (Fsp3) is 0.227. The molecule has 29 heavy (non-hydrogen) atoms. The zero-order valence-corrected chi connectivity index (χ0v) is 17.1. The number of amides is 1. The molecule has 0 saturated carbocycles. The van der Waals surface area contributed by atoms with Crippen LogP contribution in [0.5, 0.6) is 5.75 Å². The van der Waals surface area contributed by atoms with Crippen molar-refractivity contribution in [2.45, 2.75) is 24.7 Å². The van der Waals surface area contributed by atoms with Gasteiger partial charge in [-0.25, -0.2) is 8.42 Å². The number of ether oxygens (including phenoxy) is 1. The smallest absolute Gasteiger partial charge is 0.261 e. The first kappa shape index (κ1) is 19.3. The summed E-state index contributed by atoms with van der Waals surface area (Å²) < 4.78 is 33.7. The van der Waals surface area contributed by atoms with Crippen molar-refractivity contribution in [3.8, 4) is 5.75 Å². The molecule has 1 aliphatic rings. The second-order valence-corrected chi connectivity index (χ2v) is 8.81. The molecule has 0 unspecified atom stereocenters. The topological polar surface area (TPSA) is 75.7 Å². The Bertz CT molecular complexity index is 1200. The van der Waals surface area contributed by atoms with E-state index in [0.29, 0.717) is 18.7 Å². The second kappa shape index (κ2) is 7.40. The summed E-state index contributed by atoms with van der Waals surface area (Å²) >= 11 is 0. The van der Waals surface area contributed by atoms with Crippen molar-refractivity contribution in [3.63, 3.8) is 0 Å². The predicted molar refractivity (Wildman–Crippen MR) is 114 cm³/mol. The van der Waals surface area contributed by atoms with Gasteiger partial charge in [0.15, 0.2) is 0 Å². The van der Waals surface area contributed by atoms with E-state index in [2.05, 4.69) is 4.72 Å². The lowest BCUT2D eigenvalue weighted by atomic mass is 10.1. The molecule has 3 aromatic carbocycles. The fourth-order valence-corrected chi connectivity index (χ4v) is 4.66. The van der Waals surface area contributed by atoms with Gasteiger partial charge in [0.25, 0.3) is 10.0 Å². The highest BCUT2D eigenvalue weighted by Crippen LogP contribution is 2.30. The van der Waals surface area contributed by atoms with Crippen LogP contribution in [0.4, 0.5) is 11.4 Å². The zero-order chi connectivity index (χ0) is 20.6. The largest absolute Gasteiger partial charge is 0.497 e. The molecule has 0 spiro atoms. The van der Waals surface area contributed by atoms with E-state index in [0.717, 1.165) is 34.2 Å². The summed E-state index contributed by atoms with van der Waals surface area (Å²) in [5.74, 6) is 0.785. The molecule has 1 N–H and O–H groups in total. The summed E-state index contributed by atoms with van der Waals surface area (Å²) in [4.78, 5) is 14.0. The minimum absolute atomic E-state index is 0.0677. The Morgan fingerprint density at radius 1 is 1.00 bits per heavy atom. The first-order valence-corrected chi connectivity index (χ1v) is 10.9. The Balaban J connectivity index is 1.65. The van der Waals surface area contributed by atoms with E-state index < -0.39 is 10.0 Å². The summed E-state index contributed by atoms with van der Waals surface area (Å²) in [6.45, 7) is 2.57. The zero-order valence-electron chi connectivity index (χ0n) is 16.3. The van der Waals surface area contributed by atoms with Crippen molar-refractivity contribution < 1.29 is 17.9 Å². The Kier molecular flexibility index (Phi) is 4.92. The number of carbonyl (C=O) groups is 1. The molecule has 150 valence electrons. The molecule has 3 aromatic rings. The molecule has 1 amide bonds. The first-order chi connectivity index (χ1) is 13.9. The number of carbonyl (C=O) groups excluding carboxylic acids is 1. The van der Waals surface area contributed by atoms with Gasteiger partial charge in [0.05, 0.1) is 17.7 Å². The summed E-state index contributed by atoms with van der Waals surface area (Å²) in [7, 11) is -2.18. The van der Waals surface area contributed by atoms with Crippen LogP contribution >= 0.6 is 0 Å². The summed E-state index contributed by atoms with van der Waals surface area (Å²) in [6, 6.07) is 15.7. The monoisotopic (exact) mass is 410 g/mol. The van der Waals surface area contributed by atoms with Gasteiger partial charge in [-0.2, -0.15) is 0 Å². The number of anilines is 2. The van der Waals surface area contributed by atoms with E-state index in [-0.39, 0.29) is 10.8 Å². The fourth-order valence-electron chi connectivity index (χ4n) is 3.58. The van der Waals surface area contributed by atoms with Crippen molar-refractivity contribution in [1.29, 1.82) is 0 Å². The standard InChI is InChI=1S/C22H22N2O4S/c1-15-5-8-18(14-21(15)24-11-3-4-22(24)25)23-29(26,27)20-10-7-16-12-19(28-2)9-6-17(16)13-20/h5-10,12-14,23H,3-4,11H2,1-2H3. The molecule has 1 saturated heterocycles. The maximum absolute atomic E-state index is 12.9. The quantitative estimate of drug-likeness (QED) is 0.688. The number of methoxy groups -OCH3 is 1. The molecule has 4 rings (SSSR count). The number of nitrogens with zero attached hydrogens (tertiary/aromatic N) is 1. The Labute approximate surface area is 170 Å². The van der Waals surface area contributed by atoms with Crippen LogP contribution in [0.1, 0.15) is 18.4 Å². The van der Waals surface area contributed by atoms with Gasteiger partial charge in [0.2, 0.25) is 5.91 Å². The third-order valence-electron chi connectivity index (χ3n) is 5.15. The molecule has 0 bridgehead atoms. The van der Waals surface area contributed by atoms with Gasteiger partial charge in [-0.1, -0.05) is 18.2 Å². The van der Waals surface area contributed by atoms with E-state index in [1.54, 1.807) is 48.4 Å². The molecule has 0 aliphatic carbocycles. The summed E-state index contributed by atoms with van der Waals surface area (Å²) in [6.07, 6.45) is 1.34. The molecule has 1 aliphatic heterocycles.